The fraction of sp³-hybridized carbons (Fsp3) is 0.571. The van der Waals surface area contributed by atoms with Gasteiger partial charge in [-0.05, 0) is 50.8 Å². The van der Waals surface area contributed by atoms with Crippen LogP contribution in [0.1, 0.15) is 42.6 Å². The number of likely N-dealkylation sites (tertiary alicyclic amines) is 1. The summed E-state index contributed by atoms with van der Waals surface area (Å²) in [5, 5.41) is 9.39. The van der Waals surface area contributed by atoms with Gasteiger partial charge < -0.3 is 25.6 Å². The third-order valence-corrected chi connectivity index (χ3v) is 4.79. The second-order valence-corrected chi connectivity index (χ2v) is 6.89. The average Bonchev–Trinajstić information content (AvgIpc) is 2.74. The zero-order valence-corrected chi connectivity index (χ0v) is 20.4. The second kappa shape index (κ2) is 14.1. The molecule has 0 aromatic heterocycles. The smallest absolute Gasteiger partial charge is 0.409 e. The number of piperidine rings is 1. The van der Waals surface area contributed by atoms with E-state index < -0.39 is 0 Å². The van der Waals surface area contributed by atoms with E-state index in [2.05, 4.69) is 20.9 Å². The number of ether oxygens (including phenoxy) is 1. The van der Waals surface area contributed by atoms with Crippen LogP contribution in [-0.2, 0) is 11.2 Å². The maximum absolute atomic E-state index is 11.8. The molecular formula is C21H34IN5O3. The molecule has 1 fully saturated rings. The molecule has 2 amide bonds. The molecule has 0 radical (unpaired) electrons. The zero-order valence-electron chi connectivity index (χ0n) is 18.1. The van der Waals surface area contributed by atoms with Crippen LogP contribution < -0.4 is 16.0 Å². The highest BCUT2D eigenvalue weighted by atomic mass is 127. The first kappa shape index (κ1) is 26.0. The first-order valence-electron chi connectivity index (χ1n) is 10.3. The number of halogens is 1. The highest BCUT2D eigenvalue weighted by molar-refractivity contribution is 14.0. The van der Waals surface area contributed by atoms with Crippen molar-refractivity contribution in [2.45, 2.75) is 39.2 Å². The number of benzene rings is 1. The monoisotopic (exact) mass is 531 g/mol. The van der Waals surface area contributed by atoms with E-state index in [4.69, 9.17) is 4.74 Å². The molecule has 0 bridgehead atoms. The van der Waals surface area contributed by atoms with Gasteiger partial charge in [0.1, 0.15) is 0 Å². The lowest BCUT2D eigenvalue weighted by atomic mass is 10.1. The van der Waals surface area contributed by atoms with Crippen LogP contribution in [0, 0.1) is 0 Å². The lowest BCUT2D eigenvalue weighted by Crippen LogP contribution is -2.50. The summed E-state index contributed by atoms with van der Waals surface area (Å²) in [6.07, 6.45) is 2.24. The number of nitrogens with one attached hydrogen (secondary N) is 3. The van der Waals surface area contributed by atoms with Gasteiger partial charge in [-0.15, -0.1) is 24.0 Å². The van der Waals surface area contributed by atoms with Crippen molar-refractivity contribution in [2.75, 3.05) is 39.8 Å². The van der Waals surface area contributed by atoms with Gasteiger partial charge in [-0.1, -0.05) is 12.1 Å². The average molecular weight is 531 g/mol. The van der Waals surface area contributed by atoms with Gasteiger partial charge in [-0.25, -0.2) is 4.79 Å². The van der Waals surface area contributed by atoms with Gasteiger partial charge in [0, 0.05) is 44.8 Å². The number of amides is 2. The first-order chi connectivity index (χ1) is 14.1. The molecule has 0 unspecified atom stereocenters. The standard InChI is InChI=1S/C21H33N5O3.HI/c1-4-23-20(25-18-10-13-26(14-11-18)21(28)29-5-2)24-12-9-16-7-6-8-17(15-16)19(27)22-3;/h6-8,15,18H,4-5,9-14H2,1-3H3,(H,22,27)(H2,23,24,25);1H. The molecule has 1 aromatic rings. The number of carbonyl (C=O) groups is 2. The number of hydrogen-bond acceptors (Lipinski definition) is 4. The van der Waals surface area contributed by atoms with Gasteiger partial charge in [0.15, 0.2) is 5.96 Å². The molecule has 30 heavy (non-hydrogen) atoms. The van der Waals surface area contributed by atoms with Crippen LogP contribution >= 0.6 is 24.0 Å². The Kier molecular flexibility index (Phi) is 12.2. The topological polar surface area (TPSA) is 95.1 Å². The third kappa shape index (κ3) is 8.37. The number of nitrogens with zero attached hydrogens (tertiary/aromatic N) is 2. The van der Waals surface area contributed by atoms with Crippen molar-refractivity contribution < 1.29 is 14.3 Å². The summed E-state index contributed by atoms with van der Waals surface area (Å²) in [7, 11) is 1.63. The molecule has 1 aliphatic rings. The summed E-state index contributed by atoms with van der Waals surface area (Å²) in [5.41, 5.74) is 1.74. The van der Waals surface area contributed by atoms with Crippen molar-refractivity contribution in [3.63, 3.8) is 0 Å². The van der Waals surface area contributed by atoms with Crippen LogP contribution in [0.25, 0.3) is 0 Å². The predicted octanol–water partition coefficient (Wildman–Crippen LogP) is 2.38. The van der Waals surface area contributed by atoms with Crippen LogP contribution in [-0.4, -0.2) is 68.7 Å². The predicted molar refractivity (Wildman–Crippen MR) is 130 cm³/mol. The van der Waals surface area contributed by atoms with Crippen molar-refractivity contribution in [2.24, 2.45) is 4.99 Å². The molecule has 2 rings (SSSR count). The van der Waals surface area contributed by atoms with Crippen LogP contribution in [0.5, 0.6) is 0 Å². The molecule has 168 valence electrons. The van der Waals surface area contributed by atoms with Gasteiger partial charge in [0.05, 0.1) is 6.61 Å². The molecule has 1 heterocycles. The van der Waals surface area contributed by atoms with E-state index in [0.717, 1.165) is 37.3 Å². The number of rotatable bonds is 7. The number of guanidine groups is 1. The molecule has 1 saturated heterocycles. The molecule has 1 aliphatic heterocycles. The Balaban J connectivity index is 0.00000450. The Morgan fingerprint density at radius 2 is 1.97 bits per heavy atom. The minimum atomic E-state index is -0.231. The summed E-state index contributed by atoms with van der Waals surface area (Å²) in [5.74, 6) is 0.698. The number of carbonyl (C=O) groups excluding carboxylic acids is 2. The second-order valence-electron chi connectivity index (χ2n) is 6.89. The molecule has 0 saturated carbocycles. The normalized spacial score (nSPS) is 14.5. The number of hydrogen-bond donors (Lipinski definition) is 3. The van der Waals surface area contributed by atoms with Gasteiger partial charge in [0.25, 0.3) is 5.91 Å². The lowest BCUT2D eigenvalue weighted by Gasteiger charge is -2.32. The Bertz CT molecular complexity index is 706. The van der Waals surface area contributed by atoms with E-state index in [1.807, 2.05) is 32.0 Å². The van der Waals surface area contributed by atoms with E-state index in [1.165, 1.54) is 0 Å². The van der Waals surface area contributed by atoms with Crippen molar-refractivity contribution in [3.8, 4) is 0 Å². The Labute approximate surface area is 196 Å². The first-order valence-corrected chi connectivity index (χ1v) is 10.3. The quantitative estimate of drug-likeness (QED) is 0.286. The molecule has 0 spiro atoms. The number of aliphatic imine (C=N–C) groups is 1. The third-order valence-electron chi connectivity index (χ3n) is 4.79. The van der Waals surface area contributed by atoms with Crippen LogP contribution in [0.3, 0.4) is 0 Å². The van der Waals surface area contributed by atoms with E-state index >= 15 is 0 Å². The summed E-state index contributed by atoms with van der Waals surface area (Å²) in [6.45, 7) is 7.02. The maximum Gasteiger partial charge on any atom is 0.409 e. The van der Waals surface area contributed by atoms with Crippen molar-refractivity contribution in [3.05, 3.63) is 35.4 Å². The SMILES string of the molecule is CCNC(=NCCc1cccc(C(=O)NC)c1)NC1CCN(C(=O)OCC)CC1.I. The van der Waals surface area contributed by atoms with Crippen LogP contribution in [0.15, 0.2) is 29.3 Å². The van der Waals surface area contributed by atoms with Crippen molar-refractivity contribution in [1.82, 2.24) is 20.9 Å². The van der Waals surface area contributed by atoms with Crippen molar-refractivity contribution >= 4 is 41.9 Å². The minimum absolute atomic E-state index is 0. The van der Waals surface area contributed by atoms with Crippen LogP contribution in [0.4, 0.5) is 4.79 Å². The van der Waals surface area contributed by atoms with E-state index in [1.54, 1.807) is 18.0 Å². The zero-order chi connectivity index (χ0) is 21.1. The molecule has 3 N–H and O–H groups in total. The van der Waals surface area contributed by atoms with E-state index in [-0.39, 0.29) is 42.0 Å². The summed E-state index contributed by atoms with van der Waals surface area (Å²) < 4.78 is 5.07. The maximum atomic E-state index is 11.8. The molecule has 8 nitrogen and oxygen atoms in total. The minimum Gasteiger partial charge on any atom is -0.450 e. The fourth-order valence-corrected chi connectivity index (χ4v) is 3.24. The molecule has 0 atom stereocenters. The van der Waals surface area contributed by atoms with E-state index in [9.17, 15) is 9.59 Å². The molecule has 0 aliphatic carbocycles. The van der Waals surface area contributed by atoms with Crippen LogP contribution in [0.2, 0.25) is 0 Å². The van der Waals surface area contributed by atoms with Gasteiger partial charge in [-0.2, -0.15) is 0 Å². The lowest BCUT2D eigenvalue weighted by molar-refractivity contribution is 0.0955. The Morgan fingerprint density at radius 3 is 2.60 bits per heavy atom. The molecule has 1 aromatic carbocycles. The summed E-state index contributed by atoms with van der Waals surface area (Å²) in [4.78, 5) is 30.0. The largest absolute Gasteiger partial charge is 0.450 e. The Morgan fingerprint density at radius 1 is 1.23 bits per heavy atom. The summed E-state index contributed by atoms with van der Waals surface area (Å²) in [6, 6.07) is 7.88. The van der Waals surface area contributed by atoms with Gasteiger partial charge >= 0.3 is 6.09 Å². The molecule has 9 heteroatoms. The van der Waals surface area contributed by atoms with Gasteiger partial charge in [0.2, 0.25) is 0 Å². The van der Waals surface area contributed by atoms with E-state index in [0.29, 0.717) is 31.8 Å². The fourth-order valence-electron chi connectivity index (χ4n) is 3.24. The molecular weight excluding hydrogens is 497 g/mol. The van der Waals surface area contributed by atoms with Gasteiger partial charge in [-0.3, -0.25) is 9.79 Å². The highest BCUT2D eigenvalue weighted by Crippen LogP contribution is 2.11. The highest BCUT2D eigenvalue weighted by Gasteiger charge is 2.24. The Hall–Kier alpha value is -2.04. The summed E-state index contributed by atoms with van der Waals surface area (Å²) >= 11 is 0. The van der Waals surface area contributed by atoms with Crippen molar-refractivity contribution in [1.29, 1.82) is 0 Å².